The van der Waals surface area contributed by atoms with Gasteiger partial charge in [0.15, 0.2) is 5.11 Å². The lowest BCUT2D eigenvalue weighted by molar-refractivity contribution is 0.0977. The Morgan fingerprint density at radius 1 is 1.11 bits per heavy atom. The summed E-state index contributed by atoms with van der Waals surface area (Å²) >= 11 is 11.2. The van der Waals surface area contributed by atoms with Gasteiger partial charge in [-0.15, -0.1) is 0 Å². The van der Waals surface area contributed by atoms with Crippen molar-refractivity contribution in [2.45, 2.75) is 6.92 Å². The summed E-state index contributed by atoms with van der Waals surface area (Å²) in [7, 11) is 0. The summed E-state index contributed by atoms with van der Waals surface area (Å²) in [6.45, 7) is 7.56. The van der Waals surface area contributed by atoms with Crippen LogP contribution in [-0.2, 0) is 0 Å². The molecular weight excluding hydrogens is 380 g/mol. The van der Waals surface area contributed by atoms with Gasteiger partial charge in [0.25, 0.3) is 5.91 Å². The molecule has 1 amide bonds. The van der Waals surface area contributed by atoms with Crippen LogP contribution in [0, 0.1) is 0 Å². The average molecular weight is 403 g/mol. The second kappa shape index (κ2) is 9.17. The van der Waals surface area contributed by atoms with Gasteiger partial charge in [0, 0.05) is 48.1 Å². The van der Waals surface area contributed by atoms with Crippen LogP contribution in [0.4, 0.5) is 11.4 Å². The SMILES string of the molecule is CCN1CCN(c2ccc(NC(=S)NC(=O)c3cccc(Cl)c3)cc2)CC1. The highest BCUT2D eigenvalue weighted by atomic mass is 35.5. The van der Waals surface area contributed by atoms with Gasteiger partial charge in [-0.2, -0.15) is 0 Å². The van der Waals surface area contributed by atoms with Crippen LogP contribution in [0.1, 0.15) is 17.3 Å². The highest BCUT2D eigenvalue weighted by molar-refractivity contribution is 7.80. The van der Waals surface area contributed by atoms with Crippen LogP contribution in [0.3, 0.4) is 0 Å². The van der Waals surface area contributed by atoms with Gasteiger partial charge in [-0.25, -0.2) is 0 Å². The summed E-state index contributed by atoms with van der Waals surface area (Å²) in [4.78, 5) is 17.0. The fourth-order valence-electron chi connectivity index (χ4n) is 3.05. The van der Waals surface area contributed by atoms with Crippen molar-refractivity contribution in [3.05, 3.63) is 59.1 Å². The van der Waals surface area contributed by atoms with Crippen molar-refractivity contribution in [2.24, 2.45) is 0 Å². The number of carbonyl (C=O) groups is 1. The predicted molar refractivity (Wildman–Crippen MR) is 116 cm³/mol. The van der Waals surface area contributed by atoms with Crippen molar-refractivity contribution in [3.63, 3.8) is 0 Å². The van der Waals surface area contributed by atoms with Crippen molar-refractivity contribution in [2.75, 3.05) is 42.9 Å². The predicted octanol–water partition coefficient (Wildman–Crippen LogP) is 3.61. The molecule has 2 aromatic rings. The standard InChI is InChI=1S/C20H23ClN4OS/c1-2-24-10-12-25(13-11-24)18-8-6-17(7-9-18)22-20(27)23-19(26)15-4-3-5-16(21)14-15/h3-9,14H,2,10-13H2,1H3,(H2,22,23,26,27). The van der Waals surface area contributed by atoms with E-state index in [1.165, 1.54) is 5.69 Å². The summed E-state index contributed by atoms with van der Waals surface area (Å²) < 4.78 is 0. The number of hydrogen-bond acceptors (Lipinski definition) is 4. The molecule has 1 fully saturated rings. The number of nitrogens with one attached hydrogen (secondary N) is 2. The highest BCUT2D eigenvalue weighted by Crippen LogP contribution is 2.19. The van der Waals surface area contributed by atoms with Gasteiger partial charge in [0.1, 0.15) is 0 Å². The number of hydrogen-bond donors (Lipinski definition) is 2. The van der Waals surface area contributed by atoms with Crippen LogP contribution in [0.2, 0.25) is 5.02 Å². The number of thiocarbonyl (C=S) groups is 1. The molecule has 0 atom stereocenters. The second-order valence-electron chi connectivity index (χ2n) is 6.39. The maximum absolute atomic E-state index is 12.2. The molecule has 0 aromatic heterocycles. The van der Waals surface area contributed by atoms with Crippen LogP contribution in [0.25, 0.3) is 0 Å². The van der Waals surface area contributed by atoms with Crippen LogP contribution >= 0.6 is 23.8 Å². The van der Waals surface area contributed by atoms with Gasteiger partial charge >= 0.3 is 0 Å². The van der Waals surface area contributed by atoms with Crippen molar-refractivity contribution in [1.82, 2.24) is 10.2 Å². The summed E-state index contributed by atoms with van der Waals surface area (Å²) in [5, 5.41) is 6.48. The molecule has 142 valence electrons. The lowest BCUT2D eigenvalue weighted by Gasteiger charge is -2.35. The fourth-order valence-corrected chi connectivity index (χ4v) is 3.45. The Balaban J connectivity index is 1.53. The smallest absolute Gasteiger partial charge is 0.257 e. The third-order valence-corrected chi connectivity index (χ3v) is 5.06. The van der Waals surface area contributed by atoms with Crippen molar-refractivity contribution < 1.29 is 4.79 Å². The molecule has 1 heterocycles. The Labute approximate surface area is 170 Å². The summed E-state index contributed by atoms with van der Waals surface area (Å²) in [6.07, 6.45) is 0. The first-order chi connectivity index (χ1) is 13.0. The summed E-state index contributed by atoms with van der Waals surface area (Å²) in [5.74, 6) is -0.291. The summed E-state index contributed by atoms with van der Waals surface area (Å²) in [6, 6.07) is 14.8. The number of carbonyl (C=O) groups excluding carboxylic acids is 1. The van der Waals surface area contributed by atoms with E-state index in [4.69, 9.17) is 23.8 Å². The number of halogens is 1. The lowest BCUT2D eigenvalue weighted by Crippen LogP contribution is -2.46. The average Bonchev–Trinajstić information content (AvgIpc) is 2.68. The molecule has 0 bridgehead atoms. The van der Waals surface area contributed by atoms with Gasteiger partial charge in [-0.3, -0.25) is 10.1 Å². The van der Waals surface area contributed by atoms with Crippen molar-refractivity contribution >= 4 is 46.2 Å². The minimum atomic E-state index is -0.291. The van der Waals surface area contributed by atoms with Gasteiger partial charge < -0.3 is 15.1 Å². The molecule has 1 aliphatic rings. The van der Waals surface area contributed by atoms with Crippen LogP contribution in [0.5, 0.6) is 0 Å². The number of benzene rings is 2. The van der Waals surface area contributed by atoms with E-state index in [0.717, 1.165) is 38.4 Å². The molecule has 0 aliphatic carbocycles. The molecule has 5 nitrogen and oxygen atoms in total. The minimum Gasteiger partial charge on any atom is -0.369 e. The van der Waals surface area contributed by atoms with Crippen molar-refractivity contribution in [3.8, 4) is 0 Å². The zero-order chi connectivity index (χ0) is 19.2. The van der Waals surface area contributed by atoms with Gasteiger partial charge in [0.05, 0.1) is 0 Å². The van der Waals surface area contributed by atoms with E-state index in [-0.39, 0.29) is 11.0 Å². The Morgan fingerprint density at radius 2 is 1.81 bits per heavy atom. The third kappa shape index (κ3) is 5.42. The Hall–Kier alpha value is -2.15. The minimum absolute atomic E-state index is 0.254. The molecular formula is C20H23ClN4OS. The van der Waals surface area contributed by atoms with Gasteiger partial charge in [-0.1, -0.05) is 24.6 Å². The number of nitrogens with zero attached hydrogens (tertiary/aromatic N) is 2. The van der Waals surface area contributed by atoms with Crippen LogP contribution in [0.15, 0.2) is 48.5 Å². The first-order valence-electron chi connectivity index (χ1n) is 9.00. The van der Waals surface area contributed by atoms with E-state index in [9.17, 15) is 4.79 Å². The molecule has 0 unspecified atom stereocenters. The topological polar surface area (TPSA) is 47.6 Å². The van der Waals surface area contributed by atoms with Crippen LogP contribution < -0.4 is 15.5 Å². The number of amides is 1. The van der Waals surface area contributed by atoms with Crippen LogP contribution in [-0.4, -0.2) is 48.6 Å². The van der Waals surface area contributed by atoms with E-state index < -0.39 is 0 Å². The number of anilines is 2. The molecule has 2 aromatic carbocycles. The molecule has 0 spiro atoms. The van der Waals surface area contributed by atoms with E-state index in [2.05, 4.69) is 39.5 Å². The third-order valence-electron chi connectivity index (χ3n) is 4.62. The lowest BCUT2D eigenvalue weighted by atomic mass is 10.2. The largest absolute Gasteiger partial charge is 0.369 e. The Bertz CT molecular complexity index is 804. The maximum atomic E-state index is 12.2. The monoisotopic (exact) mass is 402 g/mol. The van der Waals surface area contributed by atoms with Crippen molar-refractivity contribution in [1.29, 1.82) is 0 Å². The van der Waals surface area contributed by atoms with Gasteiger partial charge in [0.2, 0.25) is 0 Å². The molecule has 2 N–H and O–H groups in total. The number of rotatable bonds is 4. The van der Waals surface area contributed by atoms with Gasteiger partial charge in [-0.05, 0) is 61.2 Å². The van der Waals surface area contributed by atoms with E-state index >= 15 is 0 Å². The Morgan fingerprint density at radius 3 is 2.44 bits per heavy atom. The summed E-state index contributed by atoms with van der Waals surface area (Å²) in [5.41, 5.74) is 2.50. The van der Waals surface area contributed by atoms with E-state index in [0.29, 0.717) is 10.6 Å². The molecule has 1 aliphatic heterocycles. The normalized spacial score (nSPS) is 14.7. The molecule has 0 saturated carbocycles. The maximum Gasteiger partial charge on any atom is 0.257 e. The van der Waals surface area contributed by atoms with E-state index in [1.54, 1.807) is 24.3 Å². The molecule has 1 saturated heterocycles. The molecule has 7 heteroatoms. The zero-order valence-corrected chi connectivity index (χ0v) is 16.8. The fraction of sp³-hybridized carbons (Fsp3) is 0.300. The van der Waals surface area contributed by atoms with E-state index in [1.807, 2.05) is 12.1 Å². The number of piperazine rings is 1. The molecule has 27 heavy (non-hydrogen) atoms. The Kier molecular flexibility index (Phi) is 6.66. The second-order valence-corrected chi connectivity index (χ2v) is 7.23. The highest BCUT2D eigenvalue weighted by Gasteiger charge is 2.15. The quantitative estimate of drug-likeness (QED) is 0.765. The first kappa shape index (κ1) is 19.6. The molecule has 0 radical (unpaired) electrons. The number of likely N-dealkylation sites (N-methyl/N-ethyl adjacent to an activating group) is 1. The first-order valence-corrected chi connectivity index (χ1v) is 9.79. The molecule has 3 rings (SSSR count). The zero-order valence-electron chi connectivity index (χ0n) is 15.2.